The van der Waals surface area contributed by atoms with Gasteiger partial charge in [-0.2, -0.15) is 0 Å². The fourth-order valence-corrected chi connectivity index (χ4v) is 4.40. The van der Waals surface area contributed by atoms with Crippen molar-refractivity contribution >= 4 is 17.4 Å². The molecule has 1 aliphatic rings. The predicted octanol–water partition coefficient (Wildman–Crippen LogP) is 4.34. The molecule has 3 aromatic rings. The van der Waals surface area contributed by atoms with E-state index in [9.17, 15) is 14.7 Å². The quantitative estimate of drug-likeness (QED) is 0.276. The summed E-state index contributed by atoms with van der Waals surface area (Å²) in [7, 11) is 3.92. The summed E-state index contributed by atoms with van der Waals surface area (Å²) in [6, 6.07) is 18.0. The number of nitrogens with zero attached hydrogens (tertiary/aromatic N) is 3. The first kappa shape index (κ1) is 25.1. The van der Waals surface area contributed by atoms with E-state index in [1.807, 2.05) is 62.3 Å². The molecular formula is C29H31N3O4. The normalized spacial score (nSPS) is 17.1. The van der Waals surface area contributed by atoms with Crippen LogP contribution in [0.1, 0.15) is 34.7 Å². The van der Waals surface area contributed by atoms with Crippen molar-refractivity contribution < 1.29 is 19.4 Å². The van der Waals surface area contributed by atoms with Crippen LogP contribution in [0.25, 0.3) is 5.76 Å². The molecule has 1 aromatic heterocycles. The van der Waals surface area contributed by atoms with Gasteiger partial charge in [0.1, 0.15) is 18.1 Å². The second-order valence-electron chi connectivity index (χ2n) is 9.19. The summed E-state index contributed by atoms with van der Waals surface area (Å²) in [6.45, 7) is 3.47. The van der Waals surface area contributed by atoms with E-state index >= 15 is 0 Å². The Bertz CT molecular complexity index is 1260. The van der Waals surface area contributed by atoms with E-state index in [2.05, 4.69) is 4.98 Å². The molecule has 1 aliphatic heterocycles. The third kappa shape index (κ3) is 5.47. The van der Waals surface area contributed by atoms with Crippen LogP contribution in [-0.2, 0) is 16.2 Å². The number of likely N-dealkylation sites (tertiary alicyclic amines) is 1. The number of carbonyl (C=O) groups excluding carboxylic acids is 2. The highest BCUT2D eigenvalue weighted by Crippen LogP contribution is 2.39. The molecule has 2 aromatic carbocycles. The van der Waals surface area contributed by atoms with Crippen LogP contribution in [0.5, 0.6) is 5.75 Å². The molecule has 7 heteroatoms. The Hall–Kier alpha value is -3.97. The van der Waals surface area contributed by atoms with Crippen molar-refractivity contribution in [3.05, 3.63) is 101 Å². The van der Waals surface area contributed by atoms with Crippen molar-refractivity contribution in [2.45, 2.75) is 26.0 Å². The monoisotopic (exact) mass is 485 g/mol. The smallest absolute Gasteiger partial charge is 0.295 e. The topological polar surface area (TPSA) is 83.0 Å². The Morgan fingerprint density at radius 3 is 2.53 bits per heavy atom. The molecule has 7 nitrogen and oxygen atoms in total. The van der Waals surface area contributed by atoms with Crippen LogP contribution in [-0.4, -0.2) is 58.8 Å². The molecule has 0 unspecified atom stereocenters. The maximum absolute atomic E-state index is 13.2. The molecule has 0 aliphatic carbocycles. The Labute approximate surface area is 211 Å². The second-order valence-corrected chi connectivity index (χ2v) is 9.19. The third-order valence-corrected chi connectivity index (χ3v) is 6.23. The largest absolute Gasteiger partial charge is 0.507 e. The highest BCUT2D eigenvalue weighted by molar-refractivity contribution is 6.46. The first-order chi connectivity index (χ1) is 17.4. The molecule has 0 radical (unpaired) electrons. The van der Waals surface area contributed by atoms with E-state index in [0.29, 0.717) is 36.4 Å². The summed E-state index contributed by atoms with van der Waals surface area (Å²) < 4.78 is 5.95. The summed E-state index contributed by atoms with van der Waals surface area (Å²) >= 11 is 0. The Kier molecular flexibility index (Phi) is 7.80. The van der Waals surface area contributed by atoms with Crippen LogP contribution >= 0.6 is 0 Å². The van der Waals surface area contributed by atoms with Crippen molar-refractivity contribution in [2.75, 3.05) is 27.2 Å². The SMILES string of the molecule is Cc1cc(/C(O)=C2\C(=O)C(=O)N(CCCN(C)C)[C@H]2c2cccnc2)ccc1OCc1ccccc1. The fourth-order valence-electron chi connectivity index (χ4n) is 4.40. The van der Waals surface area contributed by atoms with E-state index in [4.69, 9.17) is 4.74 Å². The van der Waals surface area contributed by atoms with E-state index in [1.54, 1.807) is 41.6 Å². The van der Waals surface area contributed by atoms with E-state index in [1.165, 1.54) is 0 Å². The zero-order valence-corrected chi connectivity index (χ0v) is 20.8. The van der Waals surface area contributed by atoms with Gasteiger partial charge in [-0.3, -0.25) is 14.6 Å². The number of pyridine rings is 1. The molecule has 1 amide bonds. The molecule has 1 atom stereocenters. The number of aromatic nitrogens is 1. The van der Waals surface area contributed by atoms with Crippen molar-refractivity contribution in [3.63, 3.8) is 0 Å². The molecule has 0 saturated carbocycles. The van der Waals surface area contributed by atoms with Crippen LogP contribution in [0.3, 0.4) is 0 Å². The predicted molar refractivity (Wildman–Crippen MR) is 138 cm³/mol. The molecule has 36 heavy (non-hydrogen) atoms. The maximum Gasteiger partial charge on any atom is 0.295 e. The van der Waals surface area contributed by atoms with E-state index in [0.717, 1.165) is 17.7 Å². The summed E-state index contributed by atoms with van der Waals surface area (Å²) in [6.07, 6.45) is 3.97. The van der Waals surface area contributed by atoms with Crippen molar-refractivity contribution in [3.8, 4) is 5.75 Å². The van der Waals surface area contributed by atoms with Crippen molar-refractivity contribution in [1.29, 1.82) is 0 Å². The Morgan fingerprint density at radius 2 is 1.86 bits per heavy atom. The van der Waals surface area contributed by atoms with Crippen LogP contribution in [0, 0.1) is 6.92 Å². The number of hydrogen-bond acceptors (Lipinski definition) is 6. The minimum Gasteiger partial charge on any atom is -0.507 e. The fraction of sp³-hybridized carbons (Fsp3) is 0.276. The van der Waals surface area contributed by atoms with Gasteiger partial charge in [0.25, 0.3) is 11.7 Å². The summed E-state index contributed by atoms with van der Waals surface area (Å²) in [5.41, 5.74) is 3.08. The number of ether oxygens (including phenoxy) is 1. The van der Waals surface area contributed by atoms with Crippen molar-refractivity contribution in [2.24, 2.45) is 0 Å². The third-order valence-electron chi connectivity index (χ3n) is 6.23. The van der Waals surface area contributed by atoms with Gasteiger partial charge in [-0.15, -0.1) is 0 Å². The molecule has 186 valence electrons. The van der Waals surface area contributed by atoms with Gasteiger partial charge in [0.2, 0.25) is 0 Å². The molecule has 0 bridgehead atoms. The average Bonchev–Trinajstić information content (AvgIpc) is 3.13. The van der Waals surface area contributed by atoms with Gasteiger partial charge in [0, 0.05) is 24.5 Å². The van der Waals surface area contributed by atoms with Gasteiger partial charge in [0.05, 0.1) is 11.6 Å². The first-order valence-electron chi connectivity index (χ1n) is 12.0. The van der Waals surface area contributed by atoms with E-state index < -0.39 is 17.7 Å². The number of amides is 1. The van der Waals surface area contributed by atoms with Crippen LogP contribution in [0.2, 0.25) is 0 Å². The zero-order chi connectivity index (χ0) is 25.7. The van der Waals surface area contributed by atoms with Gasteiger partial charge in [-0.1, -0.05) is 36.4 Å². The number of benzene rings is 2. The Balaban J connectivity index is 1.66. The number of aliphatic hydroxyl groups is 1. The lowest BCUT2D eigenvalue weighted by Gasteiger charge is -2.25. The number of carbonyl (C=O) groups is 2. The maximum atomic E-state index is 13.2. The number of hydrogen-bond donors (Lipinski definition) is 1. The number of ketones is 1. The minimum atomic E-state index is -0.699. The van der Waals surface area contributed by atoms with Gasteiger partial charge in [-0.25, -0.2) is 0 Å². The molecule has 1 saturated heterocycles. The number of Topliss-reactive ketones (excluding diaryl/α,β-unsaturated/α-hetero) is 1. The highest BCUT2D eigenvalue weighted by Gasteiger charge is 2.45. The van der Waals surface area contributed by atoms with Gasteiger partial charge < -0.3 is 19.6 Å². The molecule has 1 fully saturated rings. The number of aryl methyl sites for hydroxylation is 1. The van der Waals surface area contributed by atoms with Crippen molar-refractivity contribution in [1.82, 2.24) is 14.8 Å². The molecule has 2 heterocycles. The molecule has 1 N–H and O–H groups in total. The molecular weight excluding hydrogens is 454 g/mol. The number of aliphatic hydroxyl groups excluding tert-OH is 1. The second kappa shape index (κ2) is 11.2. The Morgan fingerprint density at radius 1 is 1.08 bits per heavy atom. The lowest BCUT2D eigenvalue weighted by molar-refractivity contribution is -0.139. The minimum absolute atomic E-state index is 0.0789. The number of rotatable bonds is 9. The molecule has 0 spiro atoms. The van der Waals surface area contributed by atoms with Gasteiger partial charge in [-0.05, 0) is 74.9 Å². The lowest BCUT2D eigenvalue weighted by Crippen LogP contribution is -2.32. The standard InChI is InChI=1S/C29H31N3O4/c1-20-17-22(12-13-24(20)36-19-21-9-5-4-6-10-21)27(33)25-26(23-11-7-14-30-18-23)32(29(35)28(25)34)16-8-15-31(2)3/h4-7,9-14,17-18,26,33H,8,15-16,19H2,1-3H3/b27-25+/t26-/m0/s1. The first-order valence-corrected chi connectivity index (χ1v) is 12.0. The van der Waals surface area contributed by atoms with Crippen LogP contribution < -0.4 is 4.74 Å². The van der Waals surface area contributed by atoms with Crippen LogP contribution in [0.15, 0.2) is 78.6 Å². The average molecular weight is 486 g/mol. The molecule has 4 rings (SSSR count). The summed E-state index contributed by atoms with van der Waals surface area (Å²) in [4.78, 5) is 33.9. The van der Waals surface area contributed by atoms with E-state index in [-0.39, 0.29) is 11.3 Å². The highest BCUT2D eigenvalue weighted by atomic mass is 16.5. The van der Waals surface area contributed by atoms with Gasteiger partial charge in [0.15, 0.2) is 0 Å². The zero-order valence-electron chi connectivity index (χ0n) is 20.8. The summed E-state index contributed by atoms with van der Waals surface area (Å²) in [5.74, 6) is -0.810. The summed E-state index contributed by atoms with van der Waals surface area (Å²) in [5, 5.41) is 11.3. The lowest BCUT2D eigenvalue weighted by atomic mass is 9.95. The van der Waals surface area contributed by atoms with Gasteiger partial charge >= 0.3 is 0 Å². The van der Waals surface area contributed by atoms with Crippen LogP contribution in [0.4, 0.5) is 0 Å².